The lowest BCUT2D eigenvalue weighted by atomic mass is 10.1. The summed E-state index contributed by atoms with van der Waals surface area (Å²) in [6.45, 7) is 4.83. The van der Waals surface area contributed by atoms with Crippen LogP contribution in [0.25, 0.3) is 0 Å². The van der Waals surface area contributed by atoms with Gasteiger partial charge in [0.25, 0.3) is 5.91 Å². The van der Waals surface area contributed by atoms with E-state index in [2.05, 4.69) is 0 Å². The molecule has 4 nitrogen and oxygen atoms in total. The Morgan fingerprint density at radius 2 is 2.14 bits per heavy atom. The van der Waals surface area contributed by atoms with Gasteiger partial charge in [-0.05, 0) is 43.9 Å². The van der Waals surface area contributed by atoms with Gasteiger partial charge in [-0.1, -0.05) is 25.0 Å². The van der Waals surface area contributed by atoms with E-state index >= 15 is 0 Å². The SMILES string of the molecule is Cc1cccc(OCC(=O)N2CCCCCC2CO)c1C. The number of amides is 1. The minimum atomic E-state index is -0.0535. The maximum atomic E-state index is 12.4. The van der Waals surface area contributed by atoms with Crippen molar-refractivity contribution in [3.63, 3.8) is 0 Å². The predicted octanol–water partition coefficient (Wildman–Crippen LogP) is 2.45. The van der Waals surface area contributed by atoms with Crippen LogP contribution in [-0.4, -0.2) is 41.7 Å². The summed E-state index contributed by atoms with van der Waals surface area (Å²) in [4.78, 5) is 14.2. The average molecular weight is 291 g/mol. The third-order valence-electron chi connectivity index (χ3n) is 4.31. The summed E-state index contributed by atoms with van der Waals surface area (Å²) in [6, 6.07) is 5.80. The van der Waals surface area contributed by atoms with E-state index in [1.165, 1.54) is 0 Å². The van der Waals surface area contributed by atoms with Gasteiger partial charge in [-0.25, -0.2) is 0 Å². The maximum Gasteiger partial charge on any atom is 0.260 e. The Morgan fingerprint density at radius 1 is 1.33 bits per heavy atom. The normalized spacial score (nSPS) is 19.2. The maximum absolute atomic E-state index is 12.4. The van der Waals surface area contributed by atoms with Gasteiger partial charge in [0.15, 0.2) is 6.61 Å². The van der Waals surface area contributed by atoms with Gasteiger partial charge in [-0.3, -0.25) is 4.79 Å². The van der Waals surface area contributed by atoms with E-state index in [-0.39, 0.29) is 25.2 Å². The molecule has 1 aromatic rings. The van der Waals surface area contributed by atoms with Crippen LogP contribution in [0.1, 0.15) is 36.8 Å². The van der Waals surface area contributed by atoms with E-state index < -0.39 is 0 Å². The lowest BCUT2D eigenvalue weighted by molar-refractivity contribution is -0.136. The monoisotopic (exact) mass is 291 g/mol. The Balaban J connectivity index is 1.98. The third-order valence-corrected chi connectivity index (χ3v) is 4.31. The first-order valence-corrected chi connectivity index (χ1v) is 7.73. The van der Waals surface area contributed by atoms with E-state index in [0.29, 0.717) is 0 Å². The Kier molecular flexibility index (Phi) is 5.62. The summed E-state index contributed by atoms with van der Waals surface area (Å²) >= 11 is 0. The first kappa shape index (κ1) is 15.8. The summed E-state index contributed by atoms with van der Waals surface area (Å²) in [5, 5.41) is 9.47. The molecule has 2 rings (SSSR count). The summed E-state index contributed by atoms with van der Waals surface area (Å²) < 4.78 is 5.69. The standard InChI is InChI=1S/C17H25NO3/c1-13-7-6-9-16(14(13)2)21-12-17(20)18-10-5-3-4-8-15(18)11-19/h6-7,9,15,19H,3-5,8,10-12H2,1-2H3. The van der Waals surface area contributed by atoms with Crippen LogP contribution in [-0.2, 0) is 4.79 Å². The number of aliphatic hydroxyl groups is 1. The molecule has 1 aromatic carbocycles. The van der Waals surface area contributed by atoms with Crippen LogP contribution >= 0.6 is 0 Å². The quantitative estimate of drug-likeness (QED) is 0.927. The number of carbonyl (C=O) groups excluding carboxylic acids is 1. The fraction of sp³-hybridized carbons (Fsp3) is 0.588. The molecule has 1 atom stereocenters. The van der Waals surface area contributed by atoms with E-state index in [9.17, 15) is 9.90 Å². The van der Waals surface area contributed by atoms with Gasteiger partial charge in [-0.2, -0.15) is 0 Å². The molecule has 0 bridgehead atoms. The number of benzene rings is 1. The van der Waals surface area contributed by atoms with Crippen molar-refractivity contribution in [3.05, 3.63) is 29.3 Å². The Hall–Kier alpha value is -1.55. The van der Waals surface area contributed by atoms with E-state index in [4.69, 9.17) is 4.74 Å². The number of hydrogen-bond acceptors (Lipinski definition) is 3. The fourth-order valence-corrected chi connectivity index (χ4v) is 2.80. The molecule has 1 fully saturated rings. The largest absolute Gasteiger partial charge is 0.483 e. The van der Waals surface area contributed by atoms with Gasteiger partial charge in [0.2, 0.25) is 0 Å². The summed E-state index contributed by atoms with van der Waals surface area (Å²) in [6.07, 6.45) is 4.09. The number of aliphatic hydroxyl groups excluding tert-OH is 1. The second-order valence-electron chi connectivity index (χ2n) is 5.76. The van der Waals surface area contributed by atoms with Crippen molar-refractivity contribution in [1.29, 1.82) is 0 Å². The number of rotatable bonds is 4. The first-order valence-electron chi connectivity index (χ1n) is 7.73. The Bertz CT molecular complexity index is 487. The van der Waals surface area contributed by atoms with Gasteiger partial charge >= 0.3 is 0 Å². The molecule has 1 aliphatic rings. The number of aryl methyl sites for hydroxylation is 1. The lowest BCUT2D eigenvalue weighted by Gasteiger charge is -2.28. The second kappa shape index (κ2) is 7.46. The minimum absolute atomic E-state index is 0.0307. The highest BCUT2D eigenvalue weighted by molar-refractivity contribution is 5.78. The summed E-state index contributed by atoms with van der Waals surface area (Å²) in [5.74, 6) is 0.732. The van der Waals surface area contributed by atoms with Crippen LogP contribution in [0.3, 0.4) is 0 Å². The summed E-state index contributed by atoms with van der Waals surface area (Å²) in [7, 11) is 0. The van der Waals surface area contributed by atoms with E-state index in [0.717, 1.165) is 49.1 Å². The average Bonchev–Trinajstić information content (AvgIpc) is 2.73. The fourth-order valence-electron chi connectivity index (χ4n) is 2.80. The molecule has 1 heterocycles. The van der Waals surface area contributed by atoms with Crippen LogP contribution in [0.15, 0.2) is 18.2 Å². The van der Waals surface area contributed by atoms with Gasteiger partial charge in [0.05, 0.1) is 12.6 Å². The molecule has 0 aliphatic carbocycles. The lowest BCUT2D eigenvalue weighted by Crippen LogP contribution is -2.44. The van der Waals surface area contributed by atoms with Crippen molar-refractivity contribution in [1.82, 2.24) is 4.90 Å². The zero-order valence-corrected chi connectivity index (χ0v) is 13.0. The van der Waals surface area contributed by atoms with Gasteiger partial charge in [0.1, 0.15) is 5.75 Å². The van der Waals surface area contributed by atoms with Crippen molar-refractivity contribution in [2.24, 2.45) is 0 Å². The Morgan fingerprint density at radius 3 is 2.90 bits per heavy atom. The predicted molar refractivity (Wildman–Crippen MR) is 82.5 cm³/mol. The molecule has 1 aliphatic heterocycles. The topological polar surface area (TPSA) is 49.8 Å². The van der Waals surface area contributed by atoms with Crippen molar-refractivity contribution in [3.8, 4) is 5.75 Å². The highest BCUT2D eigenvalue weighted by Crippen LogP contribution is 2.21. The molecule has 21 heavy (non-hydrogen) atoms. The van der Waals surface area contributed by atoms with E-state index in [1.807, 2.05) is 32.0 Å². The number of hydrogen-bond donors (Lipinski definition) is 1. The molecule has 1 unspecified atom stereocenters. The molecule has 0 spiro atoms. The third kappa shape index (κ3) is 3.97. The molecule has 0 aromatic heterocycles. The van der Waals surface area contributed by atoms with Crippen LogP contribution in [0.5, 0.6) is 5.75 Å². The number of nitrogens with zero attached hydrogens (tertiary/aromatic N) is 1. The first-order chi connectivity index (χ1) is 10.1. The van der Waals surface area contributed by atoms with Crippen molar-refractivity contribution < 1.29 is 14.6 Å². The van der Waals surface area contributed by atoms with Gasteiger partial charge < -0.3 is 14.7 Å². The second-order valence-corrected chi connectivity index (χ2v) is 5.76. The molecule has 0 radical (unpaired) electrons. The molecule has 116 valence electrons. The van der Waals surface area contributed by atoms with Crippen molar-refractivity contribution >= 4 is 5.91 Å². The zero-order valence-electron chi connectivity index (χ0n) is 13.0. The summed E-state index contributed by atoms with van der Waals surface area (Å²) in [5.41, 5.74) is 2.22. The van der Waals surface area contributed by atoms with Crippen molar-refractivity contribution in [2.75, 3.05) is 19.8 Å². The highest BCUT2D eigenvalue weighted by atomic mass is 16.5. The Labute approximate surface area is 126 Å². The number of ether oxygens (including phenoxy) is 1. The highest BCUT2D eigenvalue weighted by Gasteiger charge is 2.25. The van der Waals surface area contributed by atoms with Gasteiger partial charge in [-0.15, -0.1) is 0 Å². The molecule has 1 saturated heterocycles. The smallest absolute Gasteiger partial charge is 0.260 e. The molecule has 1 amide bonds. The number of likely N-dealkylation sites (tertiary alicyclic amines) is 1. The van der Waals surface area contributed by atoms with Crippen LogP contribution < -0.4 is 4.74 Å². The molecular weight excluding hydrogens is 266 g/mol. The van der Waals surface area contributed by atoms with Crippen LogP contribution in [0.2, 0.25) is 0 Å². The molecule has 1 N–H and O–H groups in total. The van der Waals surface area contributed by atoms with Crippen LogP contribution in [0, 0.1) is 13.8 Å². The molecule has 4 heteroatoms. The zero-order chi connectivity index (χ0) is 15.2. The van der Waals surface area contributed by atoms with Gasteiger partial charge in [0, 0.05) is 6.54 Å². The molecule has 0 saturated carbocycles. The minimum Gasteiger partial charge on any atom is -0.483 e. The number of carbonyl (C=O) groups is 1. The van der Waals surface area contributed by atoms with E-state index in [1.54, 1.807) is 4.90 Å². The van der Waals surface area contributed by atoms with Crippen LogP contribution in [0.4, 0.5) is 0 Å². The molecular formula is C17H25NO3. The van der Waals surface area contributed by atoms with Crippen molar-refractivity contribution in [2.45, 2.75) is 45.6 Å².